The van der Waals surface area contributed by atoms with Gasteiger partial charge in [-0.2, -0.15) is 0 Å². The van der Waals surface area contributed by atoms with Gasteiger partial charge in [-0.15, -0.1) is 22.9 Å². The van der Waals surface area contributed by atoms with Crippen LogP contribution in [0.4, 0.5) is 5.69 Å². The van der Waals surface area contributed by atoms with Crippen molar-refractivity contribution in [3.63, 3.8) is 0 Å². The summed E-state index contributed by atoms with van der Waals surface area (Å²) >= 11 is 7.43. The van der Waals surface area contributed by atoms with Crippen LogP contribution in [0.5, 0.6) is 23.0 Å². The van der Waals surface area contributed by atoms with Crippen LogP contribution in [0.25, 0.3) is 10.4 Å². The lowest BCUT2D eigenvalue weighted by Gasteiger charge is -2.35. The van der Waals surface area contributed by atoms with Gasteiger partial charge < -0.3 is 45.1 Å². The molecule has 0 radical (unpaired) electrons. The van der Waals surface area contributed by atoms with Crippen LogP contribution < -0.4 is 35.1 Å². The smallest absolute Gasteiger partial charge is 0.246 e. The first-order valence-corrected chi connectivity index (χ1v) is 24.4. The maximum Gasteiger partial charge on any atom is 0.246 e. The Labute approximate surface area is 412 Å². The van der Waals surface area contributed by atoms with E-state index in [0.29, 0.717) is 61.2 Å². The topological polar surface area (TPSA) is 189 Å². The van der Waals surface area contributed by atoms with Gasteiger partial charge in [-0.25, -0.2) is 4.98 Å². The molecule has 3 unspecified atom stereocenters. The molecule has 4 aromatic carbocycles. The van der Waals surface area contributed by atoms with Crippen molar-refractivity contribution < 1.29 is 43.3 Å². The highest BCUT2D eigenvalue weighted by Gasteiger charge is 2.44. The molecule has 5 amide bonds. The Kier molecular flexibility index (Phi) is 18.6. The van der Waals surface area contributed by atoms with Crippen LogP contribution in [0.15, 0.2) is 103 Å². The predicted octanol–water partition coefficient (Wildman–Crippen LogP) is 7.56. The number of aliphatic hydroxyl groups excluding tert-OH is 1. The van der Waals surface area contributed by atoms with Gasteiger partial charge in [-0.1, -0.05) is 63.2 Å². The third-order valence-corrected chi connectivity index (χ3v) is 12.8. The predicted molar refractivity (Wildman–Crippen MR) is 266 cm³/mol. The summed E-state index contributed by atoms with van der Waals surface area (Å²) in [7, 11) is 1.56. The number of aromatic nitrogens is 1. The zero-order chi connectivity index (χ0) is 49.5. The highest BCUT2D eigenvalue weighted by molar-refractivity contribution is 7.13. The normalized spacial score (nSPS) is 14.9. The lowest BCUT2D eigenvalue weighted by atomic mass is 9.85. The molecule has 1 aliphatic heterocycles. The average Bonchev–Trinajstić information content (AvgIpc) is 3.97. The summed E-state index contributed by atoms with van der Waals surface area (Å²) in [6, 6.07) is 27.9. The highest BCUT2D eigenvalue weighted by atomic mass is 35.5. The summed E-state index contributed by atoms with van der Waals surface area (Å²) < 4.78 is 17.5. The van der Waals surface area contributed by atoms with Crippen molar-refractivity contribution in [3.8, 4) is 33.4 Å². The molecule has 1 fully saturated rings. The number of nitrogens with one attached hydrogen (secondary N) is 3. The number of thiazole rings is 1. The molecule has 3 atom stereocenters. The van der Waals surface area contributed by atoms with Crippen LogP contribution in [0.3, 0.4) is 0 Å². The number of hydrogen-bond donors (Lipinski definition) is 4. The zero-order valence-electron chi connectivity index (χ0n) is 39.7. The molecule has 0 aliphatic carbocycles. The number of ether oxygens (including phenoxy) is 3. The number of benzene rings is 4. The number of aliphatic hydroxyl groups is 1. The van der Waals surface area contributed by atoms with E-state index < -0.39 is 41.3 Å². The molecule has 1 aliphatic rings. The van der Waals surface area contributed by atoms with Gasteiger partial charge in [0.15, 0.2) is 0 Å². The molecule has 1 saturated heterocycles. The second-order valence-corrected chi connectivity index (χ2v) is 19.0. The quantitative estimate of drug-likeness (QED) is 0.0398. The number of unbranched alkanes of at least 4 members (excludes halogenated alkanes) is 1. The first kappa shape index (κ1) is 51.9. The van der Waals surface area contributed by atoms with Gasteiger partial charge in [0.1, 0.15) is 41.0 Å². The lowest BCUT2D eigenvalue weighted by molar-refractivity contribution is -0.144. The summed E-state index contributed by atoms with van der Waals surface area (Å²) in [5, 5.41) is 19.2. The molecule has 0 saturated carbocycles. The second kappa shape index (κ2) is 24.7. The van der Waals surface area contributed by atoms with E-state index in [1.807, 2.05) is 79.7 Å². The van der Waals surface area contributed by atoms with Crippen molar-refractivity contribution in [1.29, 1.82) is 0 Å². The van der Waals surface area contributed by atoms with Crippen molar-refractivity contribution in [3.05, 3.63) is 119 Å². The first-order chi connectivity index (χ1) is 33.1. The van der Waals surface area contributed by atoms with Crippen LogP contribution in [0.2, 0.25) is 0 Å². The van der Waals surface area contributed by atoms with Gasteiger partial charge in [0.2, 0.25) is 29.5 Å². The number of methoxy groups -OCH3 is 1. The minimum absolute atomic E-state index is 0.0490. The second-order valence-electron chi connectivity index (χ2n) is 17.8. The maximum absolute atomic E-state index is 14.1. The summed E-state index contributed by atoms with van der Waals surface area (Å²) in [5.41, 5.74) is 5.34. The monoisotopic (exact) mass is 980 g/mol. The lowest BCUT2D eigenvalue weighted by Crippen LogP contribution is -2.57. The number of carbonyl (C=O) groups excluding carboxylic acids is 5. The number of rotatable bonds is 22. The fourth-order valence-electron chi connectivity index (χ4n) is 7.82. The summed E-state index contributed by atoms with van der Waals surface area (Å²) in [4.78, 5) is 74.4. The molecule has 15 nitrogen and oxygen atoms in total. The Balaban J connectivity index is 0.889. The third-order valence-electron chi connectivity index (χ3n) is 11.6. The Bertz CT molecular complexity index is 2520. The van der Waals surface area contributed by atoms with Crippen LogP contribution in [-0.2, 0) is 37.1 Å². The van der Waals surface area contributed by atoms with E-state index in [1.165, 1.54) is 16.2 Å². The molecule has 6 rings (SSSR count). The van der Waals surface area contributed by atoms with E-state index in [0.717, 1.165) is 27.3 Å². The van der Waals surface area contributed by atoms with Crippen LogP contribution >= 0.6 is 22.9 Å². The van der Waals surface area contributed by atoms with E-state index in [9.17, 15) is 29.1 Å². The minimum atomic E-state index is -1.02. The molecular formula is C52H61ClN6O9S. The molecular weight excluding hydrogens is 920 g/mol. The number of nitrogens with zero attached hydrogens (tertiary/aromatic N) is 3. The van der Waals surface area contributed by atoms with Crippen molar-refractivity contribution in [2.45, 2.75) is 91.1 Å². The van der Waals surface area contributed by atoms with Gasteiger partial charge in [0.05, 0.1) is 42.4 Å². The number of likely N-dealkylation sites (tertiary alicyclic amines) is 1. The standard InChI is InChI=1S/C52H61ClN6O9S/c1-34-48(69-33-56-34)36-13-14-37(44(27-36)66-5)30-55-50(64)43-28-39(60)32-59(43)51(65)49(52(2,3)4)57-46(62)24-23-45(61)54-25-9-10-26-67-40-19-21-42(22-20-40)68-41-17-15-38(16-18-41)58(47(63)29-53)31-35-11-7-6-8-12-35/h6-8,11-22,27,33,39,43,49,60H,9-10,23-26,28-32H2,1-5H3,(H,54,61)(H,55,64)(H,57,62). The molecule has 2 heterocycles. The van der Waals surface area contributed by atoms with Crippen molar-refractivity contribution >= 4 is 58.2 Å². The Morgan fingerprint density at radius 3 is 2.23 bits per heavy atom. The number of β-amino-alcohol motifs (C(OH)–C–C–N with tert-alkyl or cyclic N) is 1. The largest absolute Gasteiger partial charge is 0.496 e. The Morgan fingerprint density at radius 2 is 1.58 bits per heavy atom. The van der Waals surface area contributed by atoms with E-state index in [-0.39, 0.29) is 50.0 Å². The first-order valence-electron chi connectivity index (χ1n) is 22.9. The number of carbonyl (C=O) groups is 5. The molecule has 366 valence electrons. The van der Waals surface area contributed by atoms with Crippen molar-refractivity contribution in [1.82, 2.24) is 25.8 Å². The molecule has 5 aromatic rings. The molecule has 4 N–H and O–H groups in total. The van der Waals surface area contributed by atoms with Crippen molar-refractivity contribution in [2.24, 2.45) is 5.41 Å². The van der Waals surface area contributed by atoms with E-state index in [2.05, 4.69) is 20.9 Å². The fourth-order valence-corrected chi connectivity index (χ4v) is 8.77. The van der Waals surface area contributed by atoms with Gasteiger partial charge in [-0.05, 0) is 90.9 Å². The molecule has 0 bridgehead atoms. The maximum atomic E-state index is 14.1. The number of anilines is 1. The van der Waals surface area contributed by atoms with E-state index >= 15 is 0 Å². The van der Waals surface area contributed by atoms with Crippen LogP contribution in [0.1, 0.15) is 69.7 Å². The summed E-state index contributed by atoms with van der Waals surface area (Å²) in [6.07, 6.45) is 0.240. The fraction of sp³-hybridized carbons (Fsp3) is 0.385. The van der Waals surface area contributed by atoms with Crippen molar-refractivity contribution in [2.75, 3.05) is 37.6 Å². The molecule has 69 heavy (non-hydrogen) atoms. The van der Waals surface area contributed by atoms with Crippen LogP contribution in [-0.4, -0.2) is 95.4 Å². The zero-order valence-corrected chi connectivity index (χ0v) is 41.2. The van der Waals surface area contributed by atoms with Gasteiger partial charge in [-0.3, -0.25) is 24.0 Å². The number of alkyl halides is 1. The molecule has 0 spiro atoms. The molecule has 1 aromatic heterocycles. The van der Waals surface area contributed by atoms with Gasteiger partial charge in [0.25, 0.3) is 0 Å². The van der Waals surface area contributed by atoms with Gasteiger partial charge >= 0.3 is 0 Å². The highest BCUT2D eigenvalue weighted by Crippen LogP contribution is 2.33. The van der Waals surface area contributed by atoms with E-state index in [1.54, 1.807) is 62.6 Å². The average molecular weight is 982 g/mol. The number of amides is 5. The van der Waals surface area contributed by atoms with Gasteiger partial charge in [0, 0.05) is 50.1 Å². The summed E-state index contributed by atoms with van der Waals surface area (Å²) in [6.45, 7) is 8.65. The Hall–Kier alpha value is -6.49. The Morgan fingerprint density at radius 1 is 0.899 bits per heavy atom. The molecule has 17 heteroatoms. The van der Waals surface area contributed by atoms with E-state index in [4.69, 9.17) is 25.8 Å². The third kappa shape index (κ3) is 14.8. The number of hydrogen-bond acceptors (Lipinski definition) is 11. The number of halogens is 1. The summed E-state index contributed by atoms with van der Waals surface area (Å²) in [5.74, 6) is 0.446. The minimum Gasteiger partial charge on any atom is -0.496 e. The SMILES string of the molecule is COc1cc(-c2scnc2C)ccc1CNC(=O)C1CC(O)CN1C(=O)C(NC(=O)CCC(=O)NCCCCOc1ccc(Oc2ccc(N(Cc3ccccc3)C(=O)CCl)cc2)cc1)C(C)(C)C. The number of aryl methyl sites for hydroxylation is 1. The van der Waals surface area contributed by atoms with Crippen LogP contribution in [0, 0.1) is 12.3 Å².